The van der Waals surface area contributed by atoms with E-state index < -0.39 is 17.5 Å². The lowest BCUT2D eigenvalue weighted by atomic mass is 10.0. The van der Waals surface area contributed by atoms with Crippen molar-refractivity contribution in [1.82, 2.24) is 0 Å². The number of rotatable bonds is 1. The van der Waals surface area contributed by atoms with Gasteiger partial charge in [0.2, 0.25) is 5.91 Å². The van der Waals surface area contributed by atoms with Crippen LogP contribution in [0.1, 0.15) is 15.9 Å². The van der Waals surface area contributed by atoms with Gasteiger partial charge in [0.15, 0.2) is 0 Å². The summed E-state index contributed by atoms with van der Waals surface area (Å²) >= 11 is 0. The summed E-state index contributed by atoms with van der Waals surface area (Å²) in [5, 5.41) is 0. The van der Waals surface area contributed by atoms with E-state index >= 15 is 0 Å². The highest BCUT2D eigenvalue weighted by molar-refractivity contribution is 6.04. The molecule has 0 atom stereocenters. The monoisotopic (exact) mass is 243 g/mol. The number of hydrogen-bond acceptors (Lipinski definition) is 2. The van der Waals surface area contributed by atoms with Crippen molar-refractivity contribution in [2.24, 2.45) is 0 Å². The van der Waals surface area contributed by atoms with Crippen molar-refractivity contribution in [2.45, 2.75) is 12.6 Å². The summed E-state index contributed by atoms with van der Waals surface area (Å²) < 4.78 is 36.6. The van der Waals surface area contributed by atoms with Crippen LogP contribution in [0.25, 0.3) is 0 Å². The van der Waals surface area contributed by atoms with Crippen LogP contribution in [0.15, 0.2) is 18.2 Å². The summed E-state index contributed by atoms with van der Waals surface area (Å²) in [6.07, 6.45) is -4.85. The SMILES string of the molecule is CN1C(=O)Cc2cc(C(=O)C(F)(F)F)ccc21. The molecule has 0 spiro atoms. The first-order valence-electron chi connectivity index (χ1n) is 4.81. The zero-order chi connectivity index (χ0) is 12.8. The molecule has 1 amide bonds. The molecule has 2 rings (SSSR count). The number of Topliss-reactive ketones (excluding diaryl/α,β-unsaturated/α-hetero) is 1. The molecular weight excluding hydrogens is 235 g/mol. The van der Waals surface area contributed by atoms with Gasteiger partial charge in [-0.25, -0.2) is 0 Å². The van der Waals surface area contributed by atoms with Gasteiger partial charge in [-0.15, -0.1) is 0 Å². The van der Waals surface area contributed by atoms with Gasteiger partial charge in [-0.1, -0.05) is 0 Å². The first-order valence-corrected chi connectivity index (χ1v) is 4.81. The molecule has 1 aromatic rings. The van der Waals surface area contributed by atoms with Gasteiger partial charge in [0, 0.05) is 18.3 Å². The number of likely N-dealkylation sites (N-methyl/N-ethyl adjacent to an activating group) is 1. The van der Waals surface area contributed by atoms with Crippen LogP contribution in [0.5, 0.6) is 0 Å². The highest BCUT2D eigenvalue weighted by atomic mass is 19.4. The molecule has 1 heterocycles. The van der Waals surface area contributed by atoms with Gasteiger partial charge >= 0.3 is 6.18 Å². The van der Waals surface area contributed by atoms with E-state index in [0.29, 0.717) is 11.3 Å². The first-order chi connectivity index (χ1) is 7.80. The molecule has 1 aromatic carbocycles. The Kier molecular flexibility index (Phi) is 2.45. The molecule has 1 aliphatic heterocycles. The summed E-state index contributed by atoms with van der Waals surface area (Å²) in [5.41, 5.74) is 0.570. The molecule has 0 bridgehead atoms. The molecule has 90 valence electrons. The van der Waals surface area contributed by atoms with Crippen LogP contribution in [0.3, 0.4) is 0 Å². The largest absolute Gasteiger partial charge is 0.454 e. The third-order valence-electron chi connectivity index (χ3n) is 2.68. The van der Waals surface area contributed by atoms with Gasteiger partial charge < -0.3 is 4.90 Å². The van der Waals surface area contributed by atoms with Crippen LogP contribution in [0, 0.1) is 0 Å². The number of benzene rings is 1. The Hall–Kier alpha value is -1.85. The number of alkyl halides is 3. The number of hydrogen-bond donors (Lipinski definition) is 0. The third-order valence-corrected chi connectivity index (χ3v) is 2.68. The molecule has 17 heavy (non-hydrogen) atoms. The third kappa shape index (κ3) is 1.90. The average molecular weight is 243 g/mol. The highest BCUT2D eigenvalue weighted by Crippen LogP contribution is 2.30. The van der Waals surface area contributed by atoms with E-state index in [1.807, 2.05) is 0 Å². The zero-order valence-corrected chi connectivity index (χ0v) is 8.84. The number of anilines is 1. The van der Waals surface area contributed by atoms with Crippen LogP contribution >= 0.6 is 0 Å². The number of halogens is 3. The predicted octanol–water partition coefficient (Wildman–Crippen LogP) is 1.95. The van der Waals surface area contributed by atoms with E-state index in [-0.39, 0.29) is 12.3 Å². The number of amides is 1. The minimum absolute atomic E-state index is 0.0326. The van der Waals surface area contributed by atoms with Gasteiger partial charge in [-0.3, -0.25) is 9.59 Å². The molecule has 0 unspecified atom stereocenters. The van der Waals surface area contributed by atoms with Crippen molar-refractivity contribution in [3.63, 3.8) is 0 Å². The van der Waals surface area contributed by atoms with Gasteiger partial charge in [0.1, 0.15) is 0 Å². The van der Waals surface area contributed by atoms with Crippen LogP contribution in [0.4, 0.5) is 18.9 Å². The first kappa shape index (κ1) is 11.6. The molecule has 3 nitrogen and oxygen atoms in total. The molecule has 0 aromatic heterocycles. The topological polar surface area (TPSA) is 37.4 Å². The summed E-state index contributed by atoms with van der Waals surface area (Å²) in [7, 11) is 1.54. The lowest BCUT2D eigenvalue weighted by Gasteiger charge is -2.10. The molecule has 1 aliphatic rings. The number of ketones is 1. The Morgan fingerprint density at radius 1 is 1.35 bits per heavy atom. The molecule has 0 fully saturated rings. The molecule has 0 aliphatic carbocycles. The second-order valence-electron chi connectivity index (χ2n) is 3.80. The standard InChI is InChI=1S/C11H8F3NO2/c1-15-8-3-2-6(10(17)11(12,13)14)4-7(8)5-9(15)16/h2-4H,5H2,1H3. The fraction of sp³-hybridized carbons (Fsp3) is 0.273. The Bertz CT molecular complexity index is 508. The lowest BCUT2D eigenvalue weighted by molar-refractivity contribution is -0.117. The maximum Gasteiger partial charge on any atom is 0.454 e. The maximum atomic E-state index is 12.2. The van der Waals surface area contributed by atoms with Crippen molar-refractivity contribution < 1.29 is 22.8 Å². The summed E-state index contributed by atoms with van der Waals surface area (Å²) in [6.45, 7) is 0. The smallest absolute Gasteiger partial charge is 0.315 e. The molecule has 0 saturated carbocycles. The second kappa shape index (κ2) is 3.58. The van der Waals surface area contributed by atoms with E-state index in [4.69, 9.17) is 0 Å². The number of fused-ring (bicyclic) bond motifs is 1. The Morgan fingerprint density at radius 3 is 2.59 bits per heavy atom. The normalized spacial score (nSPS) is 15.1. The fourth-order valence-electron chi connectivity index (χ4n) is 1.78. The quantitative estimate of drug-likeness (QED) is 0.707. The van der Waals surface area contributed by atoms with Gasteiger partial charge in [-0.05, 0) is 23.8 Å². The van der Waals surface area contributed by atoms with Crippen molar-refractivity contribution in [3.05, 3.63) is 29.3 Å². The van der Waals surface area contributed by atoms with Gasteiger partial charge in [-0.2, -0.15) is 13.2 Å². The van der Waals surface area contributed by atoms with Gasteiger partial charge in [0.05, 0.1) is 6.42 Å². The molecule has 0 N–H and O–H groups in total. The summed E-state index contributed by atoms with van der Waals surface area (Å²) in [6, 6.07) is 3.58. The number of nitrogens with zero attached hydrogens (tertiary/aromatic N) is 1. The Labute approximate surface area is 94.8 Å². The van der Waals surface area contributed by atoms with E-state index in [9.17, 15) is 22.8 Å². The minimum atomic E-state index is -4.89. The van der Waals surface area contributed by atoms with E-state index in [2.05, 4.69) is 0 Å². The molecule has 0 saturated heterocycles. The Morgan fingerprint density at radius 2 is 2.00 bits per heavy atom. The predicted molar refractivity (Wildman–Crippen MR) is 53.9 cm³/mol. The fourth-order valence-corrected chi connectivity index (χ4v) is 1.78. The minimum Gasteiger partial charge on any atom is -0.315 e. The van der Waals surface area contributed by atoms with Crippen LogP contribution in [-0.2, 0) is 11.2 Å². The van der Waals surface area contributed by atoms with Crippen molar-refractivity contribution in [3.8, 4) is 0 Å². The maximum absolute atomic E-state index is 12.2. The van der Waals surface area contributed by atoms with Crippen LogP contribution in [0.2, 0.25) is 0 Å². The summed E-state index contributed by atoms with van der Waals surface area (Å²) in [4.78, 5) is 23.7. The number of carbonyl (C=O) groups is 2. The van der Waals surface area contributed by atoms with E-state index in [1.165, 1.54) is 11.0 Å². The second-order valence-corrected chi connectivity index (χ2v) is 3.80. The van der Waals surface area contributed by atoms with Crippen molar-refractivity contribution >= 4 is 17.4 Å². The summed E-state index contributed by atoms with van der Waals surface area (Å²) in [5.74, 6) is -2.08. The molecule has 0 radical (unpaired) electrons. The van der Waals surface area contributed by atoms with Crippen LogP contribution < -0.4 is 4.90 Å². The van der Waals surface area contributed by atoms with Gasteiger partial charge in [0.25, 0.3) is 5.78 Å². The zero-order valence-electron chi connectivity index (χ0n) is 8.84. The molecular formula is C11H8F3NO2. The van der Waals surface area contributed by atoms with Crippen molar-refractivity contribution in [1.29, 1.82) is 0 Å². The highest BCUT2D eigenvalue weighted by Gasteiger charge is 2.39. The average Bonchev–Trinajstić information content (AvgIpc) is 2.52. The van der Waals surface area contributed by atoms with Crippen LogP contribution in [-0.4, -0.2) is 24.9 Å². The number of carbonyl (C=O) groups excluding carboxylic acids is 2. The van der Waals surface area contributed by atoms with E-state index in [0.717, 1.165) is 12.1 Å². The molecule has 6 heteroatoms. The lowest BCUT2D eigenvalue weighted by Crippen LogP contribution is -2.22. The van der Waals surface area contributed by atoms with E-state index in [1.54, 1.807) is 7.05 Å². The Balaban J connectivity index is 2.40. The van der Waals surface area contributed by atoms with Crippen molar-refractivity contribution in [2.75, 3.05) is 11.9 Å².